The lowest BCUT2D eigenvalue weighted by Crippen LogP contribution is -2.48. The molecule has 1 aliphatic carbocycles. The second-order valence-electron chi connectivity index (χ2n) is 7.11. The van der Waals surface area contributed by atoms with Crippen LogP contribution in [-0.2, 0) is 4.74 Å². The van der Waals surface area contributed by atoms with Gasteiger partial charge in [-0.2, -0.15) is 0 Å². The third-order valence-corrected chi connectivity index (χ3v) is 5.34. The van der Waals surface area contributed by atoms with Crippen molar-refractivity contribution < 1.29 is 4.74 Å². The Hall–Kier alpha value is -0.120. The van der Waals surface area contributed by atoms with Gasteiger partial charge < -0.3 is 15.4 Å². The predicted molar refractivity (Wildman–Crippen MR) is 75.5 cm³/mol. The van der Waals surface area contributed by atoms with Crippen LogP contribution in [-0.4, -0.2) is 43.8 Å². The van der Waals surface area contributed by atoms with Gasteiger partial charge in [0.05, 0.1) is 6.10 Å². The summed E-state index contributed by atoms with van der Waals surface area (Å²) in [5, 5.41) is 0. The molecule has 1 saturated carbocycles. The Labute approximate surface area is 112 Å². The summed E-state index contributed by atoms with van der Waals surface area (Å²) in [4.78, 5) is 2.57. The predicted octanol–water partition coefficient (Wildman–Crippen LogP) is 2.11. The van der Waals surface area contributed by atoms with Gasteiger partial charge in [0.15, 0.2) is 0 Å². The molecular weight excluding hydrogens is 224 g/mol. The van der Waals surface area contributed by atoms with Crippen molar-refractivity contribution in [1.29, 1.82) is 0 Å². The minimum Gasteiger partial charge on any atom is -0.380 e. The molecule has 1 heterocycles. The average Bonchev–Trinajstić information content (AvgIpc) is 2.59. The minimum absolute atomic E-state index is 0.328. The molecule has 2 rings (SSSR count). The molecule has 1 saturated heterocycles. The standard InChI is InChI=1S/C15H30N2O/c1-11-6-8-17(10-13(11)18-4)9-12-5-7-15(2,3)14(12)16/h11-14H,5-10,16H2,1-4H3. The van der Waals surface area contributed by atoms with Crippen LogP contribution < -0.4 is 5.73 Å². The van der Waals surface area contributed by atoms with Crippen molar-refractivity contribution >= 4 is 0 Å². The summed E-state index contributed by atoms with van der Waals surface area (Å²) in [5.41, 5.74) is 6.74. The lowest BCUT2D eigenvalue weighted by atomic mass is 9.85. The molecule has 0 aromatic heterocycles. The van der Waals surface area contributed by atoms with E-state index in [-0.39, 0.29) is 0 Å². The summed E-state index contributed by atoms with van der Waals surface area (Å²) in [6, 6.07) is 0.359. The van der Waals surface area contributed by atoms with Crippen LogP contribution in [0.2, 0.25) is 0 Å². The van der Waals surface area contributed by atoms with E-state index in [0.717, 1.165) is 13.1 Å². The third kappa shape index (κ3) is 2.89. The molecule has 0 spiro atoms. The third-order valence-electron chi connectivity index (χ3n) is 5.34. The SMILES string of the molecule is COC1CN(CC2CCC(C)(C)C2N)CCC1C. The maximum Gasteiger partial charge on any atom is 0.0724 e. The summed E-state index contributed by atoms with van der Waals surface area (Å²) in [7, 11) is 1.84. The Morgan fingerprint density at radius 1 is 1.33 bits per heavy atom. The van der Waals surface area contributed by atoms with E-state index in [2.05, 4.69) is 25.7 Å². The second-order valence-corrected chi connectivity index (χ2v) is 7.11. The van der Waals surface area contributed by atoms with E-state index in [0.29, 0.717) is 29.4 Å². The normalized spacial score (nSPS) is 41.2. The van der Waals surface area contributed by atoms with Gasteiger partial charge in [0, 0.05) is 26.2 Å². The molecule has 2 fully saturated rings. The second kappa shape index (κ2) is 5.48. The molecule has 4 unspecified atom stereocenters. The fourth-order valence-corrected chi connectivity index (χ4v) is 3.65. The van der Waals surface area contributed by atoms with Crippen LogP contribution in [0.15, 0.2) is 0 Å². The van der Waals surface area contributed by atoms with Gasteiger partial charge >= 0.3 is 0 Å². The number of hydrogen-bond acceptors (Lipinski definition) is 3. The van der Waals surface area contributed by atoms with Crippen molar-refractivity contribution in [2.24, 2.45) is 23.0 Å². The zero-order valence-corrected chi connectivity index (χ0v) is 12.5. The number of likely N-dealkylation sites (tertiary alicyclic amines) is 1. The Kier molecular flexibility index (Phi) is 4.35. The molecule has 3 heteroatoms. The van der Waals surface area contributed by atoms with Crippen LogP contribution in [0.5, 0.6) is 0 Å². The van der Waals surface area contributed by atoms with Crippen molar-refractivity contribution in [1.82, 2.24) is 4.90 Å². The zero-order valence-electron chi connectivity index (χ0n) is 12.5. The molecule has 2 aliphatic rings. The van der Waals surface area contributed by atoms with Crippen molar-refractivity contribution in [3.8, 4) is 0 Å². The Bertz CT molecular complexity index is 280. The number of methoxy groups -OCH3 is 1. The van der Waals surface area contributed by atoms with Gasteiger partial charge in [0.25, 0.3) is 0 Å². The van der Waals surface area contributed by atoms with Crippen molar-refractivity contribution in [3.63, 3.8) is 0 Å². The highest BCUT2D eigenvalue weighted by molar-refractivity contribution is 4.95. The first-order valence-electron chi connectivity index (χ1n) is 7.45. The number of nitrogens with two attached hydrogens (primary N) is 1. The van der Waals surface area contributed by atoms with Crippen molar-refractivity contribution in [2.75, 3.05) is 26.7 Å². The highest BCUT2D eigenvalue weighted by Crippen LogP contribution is 2.40. The van der Waals surface area contributed by atoms with Crippen molar-refractivity contribution in [3.05, 3.63) is 0 Å². The van der Waals surface area contributed by atoms with E-state index in [9.17, 15) is 0 Å². The zero-order chi connectivity index (χ0) is 13.3. The van der Waals surface area contributed by atoms with Crippen LogP contribution >= 0.6 is 0 Å². The van der Waals surface area contributed by atoms with E-state index >= 15 is 0 Å². The molecule has 0 aromatic carbocycles. The maximum absolute atomic E-state index is 6.41. The molecule has 0 aromatic rings. The quantitative estimate of drug-likeness (QED) is 0.838. The number of piperidine rings is 1. The Balaban J connectivity index is 1.87. The maximum atomic E-state index is 6.41. The van der Waals surface area contributed by atoms with E-state index in [4.69, 9.17) is 10.5 Å². The fraction of sp³-hybridized carbons (Fsp3) is 1.00. The van der Waals surface area contributed by atoms with Gasteiger partial charge in [-0.1, -0.05) is 20.8 Å². The van der Waals surface area contributed by atoms with Gasteiger partial charge in [-0.05, 0) is 43.1 Å². The lowest BCUT2D eigenvalue weighted by Gasteiger charge is -2.38. The largest absolute Gasteiger partial charge is 0.380 e. The molecule has 0 amide bonds. The highest BCUT2D eigenvalue weighted by atomic mass is 16.5. The molecule has 3 nitrogen and oxygen atoms in total. The molecule has 0 bridgehead atoms. The molecule has 0 radical (unpaired) electrons. The van der Waals surface area contributed by atoms with Gasteiger partial charge in [-0.15, -0.1) is 0 Å². The number of rotatable bonds is 3. The van der Waals surface area contributed by atoms with Crippen LogP contribution in [0, 0.1) is 17.3 Å². The van der Waals surface area contributed by atoms with Gasteiger partial charge in [-0.25, -0.2) is 0 Å². The summed E-state index contributed by atoms with van der Waals surface area (Å²) < 4.78 is 5.59. The fourth-order valence-electron chi connectivity index (χ4n) is 3.65. The van der Waals surface area contributed by atoms with Crippen LogP contribution in [0.25, 0.3) is 0 Å². The Morgan fingerprint density at radius 2 is 2.06 bits per heavy atom. The highest BCUT2D eigenvalue weighted by Gasteiger charge is 2.40. The van der Waals surface area contributed by atoms with Crippen LogP contribution in [0.4, 0.5) is 0 Å². The monoisotopic (exact) mass is 254 g/mol. The van der Waals surface area contributed by atoms with E-state index in [1.165, 1.54) is 25.8 Å². The smallest absolute Gasteiger partial charge is 0.0724 e. The number of nitrogens with zero attached hydrogens (tertiary/aromatic N) is 1. The first kappa shape index (κ1) is 14.3. The topological polar surface area (TPSA) is 38.5 Å². The summed E-state index contributed by atoms with van der Waals surface area (Å²) in [5.74, 6) is 1.37. The summed E-state index contributed by atoms with van der Waals surface area (Å²) >= 11 is 0. The van der Waals surface area contributed by atoms with Gasteiger partial charge in [0.1, 0.15) is 0 Å². The minimum atomic E-state index is 0.328. The van der Waals surface area contributed by atoms with Crippen LogP contribution in [0.1, 0.15) is 40.0 Å². The van der Waals surface area contributed by atoms with E-state index in [1.54, 1.807) is 0 Å². The van der Waals surface area contributed by atoms with Gasteiger partial charge in [-0.3, -0.25) is 0 Å². The van der Waals surface area contributed by atoms with Crippen LogP contribution in [0.3, 0.4) is 0 Å². The van der Waals surface area contributed by atoms with E-state index < -0.39 is 0 Å². The molecule has 1 aliphatic heterocycles. The van der Waals surface area contributed by atoms with E-state index in [1.807, 2.05) is 7.11 Å². The Morgan fingerprint density at radius 3 is 2.61 bits per heavy atom. The summed E-state index contributed by atoms with van der Waals surface area (Å²) in [6.07, 6.45) is 4.22. The average molecular weight is 254 g/mol. The summed E-state index contributed by atoms with van der Waals surface area (Å²) in [6.45, 7) is 10.4. The molecule has 106 valence electrons. The van der Waals surface area contributed by atoms with Crippen molar-refractivity contribution in [2.45, 2.75) is 52.2 Å². The molecule has 4 atom stereocenters. The first-order valence-corrected chi connectivity index (χ1v) is 7.45. The molecule has 18 heavy (non-hydrogen) atoms. The molecular formula is C15H30N2O. The molecule has 2 N–H and O–H groups in total. The number of ether oxygens (including phenoxy) is 1. The first-order chi connectivity index (χ1) is 8.44. The number of hydrogen-bond donors (Lipinski definition) is 1. The lowest BCUT2D eigenvalue weighted by molar-refractivity contribution is -0.0101. The van der Waals surface area contributed by atoms with Gasteiger partial charge in [0.2, 0.25) is 0 Å².